The predicted molar refractivity (Wildman–Crippen MR) is 123 cm³/mol. The summed E-state index contributed by atoms with van der Waals surface area (Å²) in [4.78, 5) is 8.94. The molecule has 1 aliphatic heterocycles. The average molecular weight is 554 g/mol. The van der Waals surface area contributed by atoms with Crippen LogP contribution < -0.4 is 0 Å². The van der Waals surface area contributed by atoms with Crippen LogP contribution in [0.2, 0.25) is 0 Å². The normalized spacial score (nSPS) is 15.9. The van der Waals surface area contributed by atoms with Crippen LogP contribution in [-0.4, -0.2) is 59.2 Å². The lowest BCUT2D eigenvalue weighted by molar-refractivity contribution is 0.0728. The number of aromatic nitrogens is 1. The lowest BCUT2D eigenvalue weighted by Gasteiger charge is -2.35. The highest BCUT2D eigenvalue weighted by molar-refractivity contribution is 8.93. The van der Waals surface area contributed by atoms with Gasteiger partial charge in [-0.1, -0.05) is 36.4 Å². The van der Waals surface area contributed by atoms with Gasteiger partial charge < -0.3 is 10.0 Å². The van der Waals surface area contributed by atoms with Crippen LogP contribution in [0.3, 0.4) is 0 Å². The smallest absolute Gasteiger partial charge is 0.0931 e. The SMILES string of the molecule is Br.Br.Br.OC(CN1CCN(CCc2ccccc2)CC1)c1cccnc1. The van der Waals surface area contributed by atoms with Crippen molar-refractivity contribution in [2.24, 2.45) is 0 Å². The van der Waals surface area contributed by atoms with Gasteiger partial charge in [0.15, 0.2) is 0 Å². The summed E-state index contributed by atoms with van der Waals surface area (Å²) in [7, 11) is 0. The first-order chi connectivity index (χ1) is 11.3. The van der Waals surface area contributed by atoms with Crippen molar-refractivity contribution in [1.82, 2.24) is 14.8 Å². The van der Waals surface area contributed by atoms with Crippen LogP contribution in [0.1, 0.15) is 17.2 Å². The molecule has 3 rings (SSSR count). The first kappa shape index (κ1) is 25.7. The standard InChI is InChI=1S/C19H25N3O.3BrH/c23-19(18-7-4-9-20-15-18)16-22-13-11-21(12-14-22)10-8-17-5-2-1-3-6-17;;;/h1-7,9,15,19,23H,8,10-14,16H2;3*1H. The Hall–Kier alpha value is -0.310. The molecule has 2 heterocycles. The van der Waals surface area contributed by atoms with Gasteiger partial charge in [0.25, 0.3) is 0 Å². The summed E-state index contributed by atoms with van der Waals surface area (Å²) in [6.45, 7) is 6.00. The molecule has 1 aromatic heterocycles. The third-order valence-corrected chi connectivity index (χ3v) is 4.52. The predicted octanol–water partition coefficient (Wildman–Crippen LogP) is 3.71. The van der Waals surface area contributed by atoms with E-state index >= 15 is 0 Å². The van der Waals surface area contributed by atoms with E-state index in [2.05, 4.69) is 45.1 Å². The molecular weight excluding hydrogens is 526 g/mol. The van der Waals surface area contributed by atoms with Gasteiger partial charge in [-0.2, -0.15) is 0 Å². The second kappa shape index (κ2) is 13.8. The van der Waals surface area contributed by atoms with E-state index in [-0.39, 0.29) is 50.9 Å². The van der Waals surface area contributed by atoms with Crippen LogP contribution in [0.4, 0.5) is 0 Å². The minimum absolute atomic E-state index is 0. The van der Waals surface area contributed by atoms with Crippen molar-refractivity contribution >= 4 is 50.9 Å². The van der Waals surface area contributed by atoms with Crippen molar-refractivity contribution in [3.63, 3.8) is 0 Å². The van der Waals surface area contributed by atoms with Gasteiger partial charge in [-0.25, -0.2) is 0 Å². The second-order valence-corrected chi connectivity index (χ2v) is 6.18. The maximum Gasteiger partial charge on any atom is 0.0931 e. The van der Waals surface area contributed by atoms with Crippen molar-refractivity contribution < 1.29 is 5.11 Å². The number of hydrogen-bond donors (Lipinski definition) is 1. The van der Waals surface area contributed by atoms with Crippen LogP contribution >= 0.6 is 50.9 Å². The summed E-state index contributed by atoms with van der Waals surface area (Å²) in [5, 5.41) is 10.3. The summed E-state index contributed by atoms with van der Waals surface area (Å²) in [6, 6.07) is 14.5. The first-order valence-electron chi connectivity index (χ1n) is 8.38. The number of halogens is 3. The van der Waals surface area contributed by atoms with Crippen LogP contribution in [0.25, 0.3) is 0 Å². The number of rotatable bonds is 6. The Bertz CT molecular complexity index is 581. The fraction of sp³-hybridized carbons (Fsp3) is 0.421. The number of aliphatic hydroxyl groups excluding tert-OH is 1. The van der Waals surface area contributed by atoms with E-state index in [0.717, 1.165) is 44.7 Å². The Morgan fingerprint density at radius 3 is 2.15 bits per heavy atom. The summed E-state index contributed by atoms with van der Waals surface area (Å²) in [5.74, 6) is 0. The molecule has 0 saturated carbocycles. The lowest BCUT2D eigenvalue weighted by Crippen LogP contribution is -2.47. The van der Waals surface area contributed by atoms with E-state index in [0.29, 0.717) is 6.54 Å². The molecule has 4 nitrogen and oxygen atoms in total. The van der Waals surface area contributed by atoms with Crippen LogP contribution in [0.5, 0.6) is 0 Å². The molecule has 1 N–H and O–H groups in total. The summed E-state index contributed by atoms with van der Waals surface area (Å²) >= 11 is 0. The lowest BCUT2D eigenvalue weighted by atomic mass is 10.1. The van der Waals surface area contributed by atoms with Crippen molar-refractivity contribution in [2.45, 2.75) is 12.5 Å². The van der Waals surface area contributed by atoms with E-state index in [1.807, 2.05) is 12.1 Å². The van der Waals surface area contributed by atoms with E-state index in [1.54, 1.807) is 12.4 Å². The summed E-state index contributed by atoms with van der Waals surface area (Å²) in [6.07, 6.45) is 4.15. The highest BCUT2D eigenvalue weighted by Gasteiger charge is 2.19. The van der Waals surface area contributed by atoms with Crippen LogP contribution in [-0.2, 0) is 6.42 Å². The topological polar surface area (TPSA) is 39.6 Å². The van der Waals surface area contributed by atoms with E-state index < -0.39 is 6.10 Å². The molecule has 1 atom stereocenters. The maximum atomic E-state index is 10.3. The van der Waals surface area contributed by atoms with Crippen LogP contribution in [0, 0.1) is 0 Å². The van der Waals surface area contributed by atoms with Gasteiger partial charge in [-0.3, -0.25) is 9.88 Å². The molecule has 26 heavy (non-hydrogen) atoms. The zero-order valence-corrected chi connectivity index (χ0v) is 19.9. The Labute approximate surface area is 187 Å². The van der Waals surface area contributed by atoms with Gasteiger partial charge in [0.2, 0.25) is 0 Å². The fourth-order valence-electron chi connectivity index (χ4n) is 3.05. The van der Waals surface area contributed by atoms with Crippen LogP contribution in [0.15, 0.2) is 54.9 Å². The monoisotopic (exact) mass is 551 g/mol. The molecule has 1 aromatic carbocycles. The fourth-order valence-corrected chi connectivity index (χ4v) is 3.05. The van der Waals surface area contributed by atoms with Crippen molar-refractivity contribution in [2.75, 3.05) is 39.3 Å². The van der Waals surface area contributed by atoms with E-state index in [1.165, 1.54) is 5.56 Å². The number of hydrogen-bond acceptors (Lipinski definition) is 4. The molecule has 1 aliphatic rings. The molecule has 1 fully saturated rings. The molecule has 0 aliphatic carbocycles. The van der Waals surface area contributed by atoms with Gasteiger partial charge in [0.05, 0.1) is 6.10 Å². The maximum absolute atomic E-state index is 10.3. The second-order valence-electron chi connectivity index (χ2n) is 6.18. The van der Waals surface area contributed by atoms with Crippen molar-refractivity contribution in [3.05, 3.63) is 66.0 Å². The van der Waals surface area contributed by atoms with Gasteiger partial charge in [0, 0.05) is 57.2 Å². The Kier molecular flexibility index (Phi) is 13.6. The Morgan fingerprint density at radius 1 is 0.885 bits per heavy atom. The number of pyridine rings is 1. The molecule has 2 aromatic rings. The van der Waals surface area contributed by atoms with E-state index in [4.69, 9.17) is 0 Å². The minimum Gasteiger partial charge on any atom is -0.387 e. The number of nitrogens with zero attached hydrogens (tertiary/aromatic N) is 3. The zero-order chi connectivity index (χ0) is 15.9. The summed E-state index contributed by atoms with van der Waals surface area (Å²) in [5.41, 5.74) is 2.31. The molecule has 1 saturated heterocycles. The van der Waals surface area contributed by atoms with Crippen molar-refractivity contribution in [1.29, 1.82) is 0 Å². The molecule has 0 radical (unpaired) electrons. The largest absolute Gasteiger partial charge is 0.387 e. The summed E-state index contributed by atoms with van der Waals surface area (Å²) < 4.78 is 0. The third-order valence-electron chi connectivity index (χ3n) is 4.52. The molecule has 1 unspecified atom stereocenters. The molecule has 146 valence electrons. The molecular formula is C19H28Br3N3O. The molecule has 0 amide bonds. The quantitative estimate of drug-likeness (QED) is 0.592. The molecule has 0 bridgehead atoms. The Morgan fingerprint density at radius 2 is 1.54 bits per heavy atom. The van der Waals surface area contributed by atoms with Gasteiger partial charge >= 0.3 is 0 Å². The number of aliphatic hydroxyl groups is 1. The third kappa shape index (κ3) is 8.15. The van der Waals surface area contributed by atoms with Crippen molar-refractivity contribution in [3.8, 4) is 0 Å². The minimum atomic E-state index is -0.445. The van der Waals surface area contributed by atoms with Gasteiger partial charge in [-0.15, -0.1) is 50.9 Å². The number of benzene rings is 1. The van der Waals surface area contributed by atoms with Gasteiger partial charge in [0.1, 0.15) is 0 Å². The highest BCUT2D eigenvalue weighted by Crippen LogP contribution is 2.14. The molecule has 0 spiro atoms. The number of β-amino-alcohol motifs (C(OH)–C–C–N with tert-alkyl or cyclic N) is 1. The highest BCUT2D eigenvalue weighted by atomic mass is 79.9. The number of piperazine rings is 1. The first-order valence-corrected chi connectivity index (χ1v) is 8.38. The molecule has 7 heteroatoms. The zero-order valence-electron chi connectivity index (χ0n) is 14.7. The van der Waals surface area contributed by atoms with E-state index in [9.17, 15) is 5.11 Å². The van der Waals surface area contributed by atoms with Gasteiger partial charge in [-0.05, 0) is 18.1 Å². The average Bonchev–Trinajstić information content (AvgIpc) is 2.63. The Balaban J connectivity index is 0.00000208.